The standard InChI is InChI=1S/C23H18N2.C2H6/c1-17-12-14-20(15-13-17)23-24-21(18-8-4-2-5-9-18)16-22(25-23)19-10-6-3-7-11-19;1-2/h2-16H,1H3;1-2H3. The van der Waals surface area contributed by atoms with E-state index in [9.17, 15) is 0 Å². The van der Waals surface area contributed by atoms with Crippen LogP contribution in [-0.2, 0) is 0 Å². The van der Waals surface area contributed by atoms with Gasteiger partial charge in [0, 0.05) is 16.7 Å². The Morgan fingerprint density at radius 1 is 0.519 bits per heavy atom. The Bertz CT molecular complexity index is 918. The van der Waals surface area contributed by atoms with E-state index < -0.39 is 0 Å². The van der Waals surface area contributed by atoms with E-state index in [1.54, 1.807) is 0 Å². The van der Waals surface area contributed by atoms with Crippen molar-refractivity contribution in [1.82, 2.24) is 9.97 Å². The quantitative estimate of drug-likeness (QED) is 0.404. The van der Waals surface area contributed by atoms with Crippen molar-refractivity contribution in [3.63, 3.8) is 0 Å². The van der Waals surface area contributed by atoms with Crippen LogP contribution in [0.4, 0.5) is 0 Å². The normalized spacial score (nSPS) is 10.0. The van der Waals surface area contributed by atoms with Gasteiger partial charge in [-0.15, -0.1) is 0 Å². The molecule has 0 N–H and O–H groups in total. The van der Waals surface area contributed by atoms with Crippen molar-refractivity contribution in [2.45, 2.75) is 20.8 Å². The van der Waals surface area contributed by atoms with Crippen LogP contribution in [0.2, 0.25) is 0 Å². The van der Waals surface area contributed by atoms with Crippen LogP contribution in [0.1, 0.15) is 19.4 Å². The van der Waals surface area contributed by atoms with Crippen molar-refractivity contribution in [1.29, 1.82) is 0 Å². The molecule has 1 aromatic heterocycles. The number of benzene rings is 3. The molecule has 4 rings (SSSR count). The summed E-state index contributed by atoms with van der Waals surface area (Å²) < 4.78 is 0. The molecule has 4 aromatic rings. The van der Waals surface area contributed by atoms with Crippen molar-refractivity contribution in [3.8, 4) is 33.9 Å². The van der Waals surface area contributed by atoms with Crippen molar-refractivity contribution in [2.75, 3.05) is 0 Å². The van der Waals surface area contributed by atoms with Crippen LogP contribution in [0, 0.1) is 6.92 Å². The van der Waals surface area contributed by atoms with E-state index in [0.29, 0.717) is 0 Å². The van der Waals surface area contributed by atoms with E-state index in [4.69, 9.17) is 9.97 Å². The molecule has 0 fully saturated rings. The molecule has 27 heavy (non-hydrogen) atoms. The van der Waals surface area contributed by atoms with E-state index in [1.807, 2.05) is 50.2 Å². The highest BCUT2D eigenvalue weighted by atomic mass is 14.9. The molecule has 0 saturated heterocycles. The van der Waals surface area contributed by atoms with Crippen LogP contribution in [0.3, 0.4) is 0 Å². The highest BCUT2D eigenvalue weighted by molar-refractivity contribution is 5.71. The molecule has 0 aliphatic rings. The van der Waals surface area contributed by atoms with Crippen molar-refractivity contribution < 1.29 is 0 Å². The second kappa shape index (κ2) is 8.91. The maximum atomic E-state index is 4.82. The molecule has 1 heterocycles. The molecular formula is C25H24N2. The summed E-state index contributed by atoms with van der Waals surface area (Å²) in [6, 6.07) is 30.9. The first-order valence-corrected chi connectivity index (χ1v) is 9.36. The molecule has 0 aliphatic carbocycles. The third-order valence-electron chi connectivity index (χ3n) is 4.18. The molecule has 0 aliphatic heterocycles. The van der Waals surface area contributed by atoms with E-state index in [0.717, 1.165) is 33.9 Å². The largest absolute Gasteiger partial charge is 0.228 e. The van der Waals surface area contributed by atoms with Gasteiger partial charge >= 0.3 is 0 Å². The molecule has 0 unspecified atom stereocenters. The SMILES string of the molecule is CC.Cc1ccc(-c2nc(-c3ccccc3)cc(-c3ccccc3)n2)cc1. The first-order valence-electron chi connectivity index (χ1n) is 9.36. The van der Waals surface area contributed by atoms with Gasteiger partial charge in [-0.2, -0.15) is 0 Å². The molecule has 2 nitrogen and oxygen atoms in total. The van der Waals surface area contributed by atoms with Gasteiger partial charge in [0.25, 0.3) is 0 Å². The van der Waals surface area contributed by atoms with Gasteiger partial charge in [-0.3, -0.25) is 0 Å². The molecule has 2 heteroatoms. The zero-order valence-corrected chi connectivity index (χ0v) is 16.1. The molecule has 0 spiro atoms. The Balaban J connectivity index is 0.00000102. The Kier molecular flexibility index (Phi) is 6.11. The van der Waals surface area contributed by atoms with Crippen LogP contribution < -0.4 is 0 Å². The predicted molar refractivity (Wildman–Crippen MR) is 114 cm³/mol. The van der Waals surface area contributed by atoms with Gasteiger partial charge in [0.05, 0.1) is 11.4 Å². The summed E-state index contributed by atoms with van der Waals surface area (Å²) in [6.45, 7) is 6.08. The smallest absolute Gasteiger partial charge is 0.160 e. The fourth-order valence-electron chi connectivity index (χ4n) is 2.79. The van der Waals surface area contributed by atoms with Gasteiger partial charge in [-0.05, 0) is 13.0 Å². The lowest BCUT2D eigenvalue weighted by Crippen LogP contribution is -1.95. The average Bonchev–Trinajstić information content (AvgIpc) is 2.76. The predicted octanol–water partition coefficient (Wildman–Crippen LogP) is 6.81. The molecule has 0 amide bonds. The number of aromatic nitrogens is 2. The van der Waals surface area contributed by atoms with E-state index >= 15 is 0 Å². The third-order valence-corrected chi connectivity index (χ3v) is 4.18. The zero-order chi connectivity index (χ0) is 19.1. The topological polar surface area (TPSA) is 25.8 Å². The minimum absolute atomic E-state index is 0.750. The minimum Gasteiger partial charge on any atom is -0.228 e. The highest BCUT2D eigenvalue weighted by Gasteiger charge is 2.10. The Morgan fingerprint density at radius 3 is 1.41 bits per heavy atom. The second-order valence-electron chi connectivity index (χ2n) is 6.06. The van der Waals surface area contributed by atoms with Gasteiger partial charge in [0.1, 0.15) is 0 Å². The second-order valence-corrected chi connectivity index (χ2v) is 6.06. The molecule has 134 valence electrons. The lowest BCUT2D eigenvalue weighted by molar-refractivity contribution is 1.18. The van der Waals surface area contributed by atoms with Gasteiger partial charge in [0.15, 0.2) is 5.82 Å². The zero-order valence-electron chi connectivity index (χ0n) is 16.1. The van der Waals surface area contributed by atoms with Crippen LogP contribution in [0.5, 0.6) is 0 Å². The maximum absolute atomic E-state index is 4.82. The summed E-state index contributed by atoms with van der Waals surface area (Å²) in [7, 11) is 0. The van der Waals surface area contributed by atoms with Gasteiger partial charge < -0.3 is 0 Å². The molecule has 0 radical (unpaired) electrons. The number of rotatable bonds is 3. The van der Waals surface area contributed by atoms with Crippen LogP contribution in [0.25, 0.3) is 33.9 Å². The van der Waals surface area contributed by atoms with Crippen molar-refractivity contribution in [2.24, 2.45) is 0 Å². The Labute approximate surface area is 161 Å². The number of hydrogen-bond donors (Lipinski definition) is 0. The summed E-state index contributed by atoms with van der Waals surface area (Å²) in [5.41, 5.74) is 6.31. The van der Waals surface area contributed by atoms with Crippen LogP contribution in [-0.4, -0.2) is 9.97 Å². The van der Waals surface area contributed by atoms with Gasteiger partial charge in [0.2, 0.25) is 0 Å². The Morgan fingerprint density at radius 2 is 0.963 bits per heavy atom. The summed E-state index contributed by atoms with van der Waals surface area (Å²) >= 11 is 0. The van der Waals surface area contributed by atoms with E-state index in [2.05, 4.69) is 61.5 Å². The fourth-order valence-corrected chi connectivity index (χ4v) is 2.79. The molecule has 0 atom stereocenters. The molecular weight excluding hydrogens is 328 g/mol. The lowest BCUT2D eigenvalue weighted by Gasteiger charge is -2.09. The van der Waals surface area contributed by atoms with Gasteiger partial charge in [-0.1, -0.05) is 104 Å². The van der Waals surface area contributed by atoms with E-state index in [-0.39, 0.29) is 0 Å². The number of aryl methyl sites for hydroxylation is 1. The third kappa shape index (κ3) is 4.48. The van der Waals surface area contributed by atoms with Crippen molar-refractivity contribution in [3.05, 3.63) is 96.6 Å². The highest BCUT2D eigenvalue weighted by Crippen LogP contribution is 2.27. The van der Waals surface area contributed by atoms with E-state index in [1.165, 1.54) is 5.56 Å². The number of hydrogen-bond acceptors (Lipinski definition) is 2. The summed E-state index contributed by atoms with van der Waals surface area (Å²) in [6.07, 6.45) is 0. The molecule has 0 saturated carbocycles. The molecule has 0 bridgehead atoms. The van der Waals surface area contributed by atoms with Crippen LogP contribution in [0.15, 0.2) is 91.0 Å². The van der Waals surface area contributed by atoms with Crippen molar-refractivity contribution >= 4 is 0 Å². The fraction of sp³-hybridized carbons (Fsp3) is 0.120. The monoisotopic (exact) mass is 352 g/mol. The lowest BCUT2D eigenvalue weighted by atomic mass is 10.1. The minimum atomic E-state index is 0.750. The van der Waals surface area contributed by atoms with Gasteiger partial charge in [-0.25, -0.2) is 9.97 Å². The Hall–Kier alpha value is -3.26. The summed E-state index contributed by atoms with van der Waals surface area (Å²) in [5.74, 6) is 0.750. The molecule has 3 aromatic carbocycles. The maximum Gasteiger partial charge on any atom is 0.160 e. The first kappa shape index (κ1) is 18.5. The average molecular weight is 352 g/mol. The summed E-state index contributed by atoms with van der Waals surface area (Å²) in [4.78, 5) is 9.64. The van der Waals surface area contributed by atoms with Crippen LogP contribution >= 0.6 is 0 Å². The first-order chi connectivity index (χ1) is 13.3. The summed E-state index contributed by atoms with van der Waals surface area (Å²) in [5, 5.41) is 0. The number of nitrogens with zero attached hydrogens (tertiary/aromatic N) is 2.